The molecule has 0 spiro atoms. The van der Waals surface area contributed by atoms with E-state index in [1.54, 1.807) is 0 Å². The standard InChI is InChI=1S/C9H13BO2/c1-7-4-5-9(6-8(7)2)10(11)12-3/h4-6,11H,1-3H3. The summed E-state index contributed by atoms with van der Waals surface area (Å²) >= 11 is 0. The van der Waals surface area contributed by atoms with E-state index in [0.29, 0.717) is 0 Å². The number of benzene rings is 1. The van der Waals surface area contributed by atoms with Crippen LogP contribution in [0.4, 0.5) is 0 Å². The summed E-state index contributed by atoms with van der Waals surface area (Å²) in [7, 11) is 0.684. The summed E-state index contributed by atoms with van der Waals surface area (Å²) in [5.74, 6) is 0. The second-order valence-corrected chi connectivity index (χ2v) is 2.93. The van der Waals surface area contributed by atoms with Gasteiger partial charge in [-0.3, -0.25) is 0 Å². The maximum atomic E-state index is 9.32. The molecule has 0 aliphatic heterocycles. The third-order valence-electron chi connectivity index (χ3n) is 2.04. The number of rotatable bonds is 2. The lowest BCUT2D eigenvalue weighted by atomic mass is 9.78. The van der Waals surface area contributed by atoms with Crippen molar-refractivity contribution in [1.82, 2.24) is 0 Å². The fraction of sp³-hybridized carbons (Fsp3) is 0.333. The first kappa shape index (κ1) is 9.29. The zero-order chi connectivity index (χ0) is 9.14. The Hall–Kier alpha value is -0.795. The molecule has 1 N–H and O–H groups in total. The Morgan fingerprint density at radius 1 is 1.25 bits per heavy atom. The summed E-state index contributed by atoms with van der Waals surface area (Å²) in [6.45, 7) is 4.06. The molecule has 3 heteroatoms. The lowest BCUT2D eigenvalue weighted by Gasteiger charge is -2.06. The Labute approximate surface area is 73.3 Å². The van der Waals surface area contributed by atoms with Crippen LogP contribution >= 0.6 is 0 Å². The van der Waals surface area contributed by atoms with Crippen LogP contribution in [0.1, 0.15) is 11.1 Å². The highest BCUT2D eigenvalue weighted by atomic mass is 16.5. The van der Waals surface area contributed by atoms with Gasteiger partial charge in [0.05, 0.1) is 0 Å². The van der Waals surface area contributed by atoms with Gasteiger partial charge in [-0.1, -0.05) is 18.2 Å². The van der Waals surface area contributed by atoms with Gasteiger partial charge in [-0.25, -0.2) is 0 Å². The monoisotopic (exact) mass is 164 g/mol. The van der Waals surface area contributed by atoms with Crippen molar-refractivity contribution in [3.8, 4) is 0 Å². The van der Waals surface area contributed by atoms with Crippen molar-refractivity contribution < 1.29 is 9.68 Å². The van der Waals surface area contributed by atoms with Gasteiger partial charge in [0.15, 0.2) is 0 Å². The molecule has 1 aromatic rings. The van der Waals surface area contributed by atoms with Crippen LogP contribution in [0.5, 0.6) is 0 Å². The van der Waals surface area contributed by atoms with Crippen molar-refractivity contribution >= 4 is 12.6 Å². The third-order valence-corrected chi connectivity index (χ3v) is 2.04. The molecule has 0 fully saturated rings. The predicted molar refractivity (Wildman–Crippen MR) is 50.5 cm³/mol. The molecule has 0 radical (unpaired) electrons. The summed E-state index contributed by atoms with van der Waals surface area (Å²) in [6.07, 6.45) is 0. The molecule has 0 saturated heterocycles. The minimum Gasteiger partial charge on any atom is -0.423 e. The number of aryl methyl sites for hydroxylation is 2. The van der Waals surface area contributed by atoms with Gasteiger partial charge in [0, 0.05) is 7.11 Å². The van der Waals surface area contributed by atoms with Gasteiger partial charge >= 0.3 is 7.12 Å². The highest BCUT2D eigenvalue weighted by molar-refractivity contribution is 6.59. The molecule has 0 atom stereocenters. The fourth-order valence-electron chi connectivity index (χ4n) is 1.05. The van der Waals surface area contributed by atoms with Crippen LogP contribution in [0.2, 0.25) is 0 Å². The van der Waals surface area contributed by atoms with Gasteiger partial charge in [-0.05, 0) is 30.4 Å². The second-order valence-electron chi connectivity index (χ2n) is 2.93. The van der Waals surface area contributed by atoms with Crippen LogP contribution in [0, 0.1) is 13.8 Å². The Kier molecular flexibility index (Phi) is 2.90. The molecule has 0 amide bonds. The second kappa shape index (κ2) is 3.74. The van der Waals surface area contributed by atoms with E-state index in [0.717, 1.165) is 5.46 Å². The molecular weight excluding hydrogens is 151 g/mol. The van der Waals surface area contributed by atoms with Gasteiger partial charge in [0.2, 0.25) is 0 Å². The van der Waals surface area contributed by atoms with Crippen molar-refractivity contribution in [3.05, 3.63) is 29.3 Å². The summed E-state index contributed by atoms with van der Waals surface area (Å²) < 4.78 is 4.79. The average Bonchev–Trinajstić information content (AvgIpc) is 2.08. The van der Waals surface area contributed by atoms with E-state index >= 15 is 0 Å². The highest BCUT2D eigenvalue weighted by Crippen LogP contribution is 2.03. The first-order chi connectivity index (χ1) is 5.65. The van der Waals surface area contributed by atoms with Crippen LogP contribution in [0.15, 0.2) is 18.2 Å². The lowest BCUT2D eigenvalue weighted by Crippen LogP contribution is -2.32. The molecule has 0 aliphatic rings. The number of hydrogen-bond donors (Lipinski definition) is 1. The van der Waals surface area contributed by atoms with Gasteiger partial charge in [0.1, 0.15) is 0 Å². The highest BCUT2D eigenvalue weighted by Gasteiger charge is 2.13. The van der Waals surface area contributed by atoms with Crippen LogP contribution in [0.25, 0.3) is 0 Å². The van der Waals surface area contributed by atoms with Gasteiger partial charge in [0.25, 0.3) is 0 Å². The summed E-state index contributed by atoms with van der Waals surface area (Å²) in [5, 5.41) is 9.32. The molecule has 1 rings (SSSR count). The van der Waals surface area contributed by atoms with Crippen molar-refractivity contribution in [2.45, 2.75) is 13.8 Å². The van der Waals surface area contributed by atoms with Crippen molar-refractivity contribution in [3.63, 3.8) is 0 Å². The Bertz CT molecular complexity index is 273. The third kappa shape index (κ3) is 1.87. The van der Waals surface area contributed by atoms with Gasteiger partial charge in [-0.15, -0.1) is 0 Å². The molecule has 1 aromatic carbocycles. The van der Waals surface area contributed by atoms with E-state index in [2.05, 4.69) is 0 Å². The van der Waals surface area contributed by atoms with E-state index in [1.165, 1.54) is 18.2 Å². The SMILES string of the molecule is COB(O)c1ccc(C)c(C)c1. The summed E-state index contributed by atoms with van der Waals surface area (Å²) in [4.78, 5) is 0. The van der Waals surface area contributed by atoms with Crippen molar-refractivity contribution in [2.75, 3.05) is 7.11 Å². The van der Waals surface area contributed by atoms with Crippen LogP contribution in [-0.2, 0) is 4.65 Å². The van der Waals surface area contributed by atoms with Crippen LogP contribution in [-0.4, -0.2) is 19.3 Å². The van der Waals surface area contributed by atoms with E-state index in [1.807, 2.05) is 32.0 Å². The molecule has 0 unspecified atom stereocenters. The summed E-state index contributed by atoms with van der Waals surface area (Å²) in [5.41, 5.74) is 3.20. The molecule has 64 valence electrons. The molecule has 12 heavy (non-hydrogen) atoms. The molecule has 2 nitrogen and oxygen atoms in total. The zero-order valence-electron chi connectivity index (χ0n) is 7.66. The molecule has 0 bridgehead atoms. The fourth-order valence-corrected chi connectivity index (χ4v) is 1.05. The Morgan fingerprint density at radius 2 is 1.92 bits per heavy atom. The van der Waals surface area contributed by atoms with Crippen molar-refractivity contribution in [1.29, 1.82) is 0 Å². The average molecular weight is 164 g/mol. The minimum absolute atomic E-state index is 0.802. The van der Waals surface area contributed by atoms with Crippen LogP contribution in [0.3, 0.4) is 0 Å². The maximum absolute atomic E-state index is 9.32. The Balaban J connectivity index is 2.96. The quantitative estimate of drug-likeness (QED) is 0.649. The normalized spacial score (nSPS) is 10.0. The molecule has 0 aromatic heterocycles. The first-order valence-electron chi connectivity index (χ1n) is 3.93. The first-order valence-corrected chi connectivity index (χ1v) is 3.93. The molecular formula is C9H13BO2. The van der Waals surface area contributed by atoms with Gasteiger partial charge < -0.3 is 9.68 Å². The molecule has 0 aliphatic carbocycles. The van der Waals surface area contributed by atoms with E-state index in [-0.39, 0.29) is 0 Å². The largest absolute Gasteiger partial charge is 0.490 e. The lowest BCUT2D eigenvalue weighted by molar-refractivity contribution is 0.341. The summed E-state index contributed by atoms with van der Waals surface area (Å²) in [6, 6.07) is 5.78. The Morgan fingerprint density at radius 3 is 2.42 bits per heavy atom. The zero-order valence-corrected chi connectivity index (χ0v) is 7.66. The predicted octanol–water partition coefficient (Wildman–Crippen LogP) is 0.637. The van der Waals surface area contributed by atoms with Crippen LogP contribution < -0.4 is 5.46 Å². The maximum Gasteiger partial charge on any atom is 0.490 e. The van der Waals surface area contributed by atoms with E-state index in [4.69, 9.17) is 4.65 Å². The van der Waals surface area contributed by atoms with Crippen molar-refractivity contribution in [2.24, 2.45) is 0 Å². The van der Waals surface area contributed by atoms with E-state index in [9.17, 15) is 5.02 Å². The van der Waals surface area contributed by atoms with E-state index < -0.39 is 7.12 Å². The van der Waals surface area contributed by atoms with Gasteiger partial charge in [-0.2, -0.15) is 0 Å². The minimum atomic E-state index is -0.802. The topological polar surface area (TPSA) is 29.5 Å². The molecule has 0 saturated carbocycles. The smallest absolute Gasteiger partial charge is 0.423 e. The number of hydrogen-bond acceptors (Lipinski definition) is 2. The molecule has 0 heterocycles.